The molecule has 0 bridgehead atoms. The molecule has 2 N–H and O–H groups in total. The topological polar surface area (TPSA) is 95.3 Å². The van der Waals surface area contributed by atoms with Crippen LogP contribution in [-0.4, -0.2) is 30.8 Å². The molecule has 0 saturated carbocycles. The Balaban J connectivity index is 2.10. The van der Waals surface area contributed by atoms with Gasteiger partial charge in [-0.2, -0.15) is 0 Å². The van der Waals surface area contributed by atoms with Crippen molar-refractivity contribution in [3.8, 4) is 0 Å². The molecule has 1 aromatic carbocycles. The highest BCUT2D eigenvalue weighted by Gasteiger charge is 2.23. The van der Waals surface area contributed by atoms with Crippen molar-refractivity contribution in [3.05, 3.63) is 56.7 Å². The first-order valence-corrected chi connectivity index (χ1v) is 10.2. The van der Waals surface area contributed by atoms with Crippen LogP contribution in [-0.2, 0) is 6.54 Å². The highest BCUT2D eigenvalue weighted by molar-refractivity contribution is 7.99. The first-order valence-electron chi connectivity index (χ1n) is 8.40. The lowest BCUT2D eigenvalue weighted by molar-refractivity contribution is 0.100. The molecule has 0 atom stereocenters. The number of nitrogens with two attached hydrogens (primary N) is 1. The van der Waals surface area contributed by atoms with Crippen LogP contribution in [0.15, 0.2) is 40.3 Å². The maximum atomic E-state index is 13.3. The minimum Gasteiger partial charge on any atom is -0.365 e. The maximum absolute atomic E-state index is 13.3. The predicted octanol–water partition coefficient (Wildman–Crippen LogP) is 2.67. The Morgan fingerprint density at radius 1 is 1.26 bits per heavy atom. The third-order valence-corrected chi connectivity index (χ3v) is 6.43. The molecule has 3 aromatic heterocycles. The van der Waals surface area contributed by atoms with E-state index in [1.807, 2.05) is 41.7 Å². The van der Waals surface area contributed by atoms with E-state index in [2.05, 4.69) is 10.2 Å². The van der Waals surface area contributed by atoms with E-state index in [0.717, 1.165) is 11.3 Å². The van der Waals surface area contributed by atoms with Crippen molar-refractivity contribution < 1.29 is 4.79 Å². The van der Waals surface area contributed by atoms with Crippen molar-refractivity contribution in [2.75, 3.05) is 5.75 Å². The summed E-state index contributed by atoms with van der Waals surface area (Å²) in [5, 5.41) is 9.73. The summed E-state index contributed by atoms with van der Waals surface area (Å²) in [6.45, 7) is 4.16. The van der Waals surface area contributed by atoms with Crippen molar-refractivity contribution in [2.24, 2.45) is 5.73 Å². The Morgan fingerprint density at radius 2 is 2.00 bits per heavy atom. The molecule has 3 heterocycles. The molecule has 4 aromatic rings. The molecule has 0 aliphatic heterocycles. The SMILES string of the molecule is CCSc1nnc2n(Cc3ccccc3)c(=O)c3c(C)c(C(N)=O)sc3n12. The van der Waals surface area contributed by atoms with Crippen molar-refractivity contribution in [3.63, 3.8) is 0 Å². The van der Waals surface area contributed by atoms with Gasteiger partial charge in [-0.25, -0.2) is 4.40 Å². The van der Waals surface area contributed by atoms with Gasteiger partial charge in [0.15, 0.2) is 5.16 Å². The van der Waals surface area contributed by atoms with Crippen LogP contribution in [0, 0.1) is 6.92 Å². The number of amides is 1. The number of rotatable bonds is 5. The standard InChI is InChI=1S/C18H17N5O2S2/c1-3-26-18-21-20-17-22(9-11-7-5-4-6-8-11)15(25)12-10(2)13(14(19)24)27-16(12)23(17)18/h4-8H,3,9H2,1-2H3,(H2,19,24). The van der Waals surface area contributed by atoms with Crippen LogP contribution in [0.3, 0.4) is 0 Å². The Kier molecular flexibility index (Phi) is 4.48. The molecule has 27 heavy (non-hydrogen) atoms. The number of hydrogen-bond acceptors (Lipinski definition) is 6. The number of thioether (sulfide) groups is 1. The van der Waals surface area contributed by atoms with Gasteiger partial charge in [-0.05, 0) is 23.8 Å². The Bertz CT molecular complexity index is 1220. The Labute approximate surface area is 162 Å². The summed E-state index contributed by atoms with van der Waals surface area (Å²) in [5.41, 5.74) is 6.92. The van der Waals surface area contributed by atoms with Gasteiger partial charge in [-0.1, -0.05) is 49.0 Å². The van der Waals surface area contributed by atoms with Crippen LogP contribution in [0.5, 0.6) is 0 Å². The lowest BCUT2D eigenvalue weighted by Crippen LogP contribution is -2.24. The summed E-state index contributed by atoms with van der Waals surface area (Å²) in [4.78, 5) is 26.2. The number of carbonyl (C=O) groups is 1. The zero-order valence-corrected chi connectivity index (χ0v) is 16.4. The van der Waals surface area contributed by atoms with Gasteiger partial charge in [0.05, 0.1) is 16.8 Å². The van der Waals surface area contributed by atoms with Crippen molar-refractivity contribution in [1.29, 1.82) is 0 Å². The monoisotopic (exact) mass is 399 g/mol. The number of aromatic nitrogens is 4. The molecular formula is C18H17N5O2S2. The van der Waals surface area contributed by atoms with Crippen molar-refractivity contribution >= 4 is 45.0 Å². The molecule has 1 amide bonds. The fourth-order valence-corrected chi connectivity index (χ4v) is 4.98. The molecular weight excluding hydrogens is 382 g/mol. The molecule has 4 rings (SSSR count). The van der Waals surface area contributed by atoms with Crippen LogP contribution in [0.1, 0.15) is 27.7 Å². The molecule has 138 valence electrons. The van der Waals surface area contributed by atoms with E-state index >= 15 is 0 Å². The number of carbonyl (C=O) groups excluding carboxylic acids is 1. The van der Waals surface area contributed by atoms with Gasteiger partial charge in [0.1, 0.15) is 4.83 Å². The third-order valence-electron chi connectivity index (χ3n) is 4.33. The van der Waals surface area contributed by atoms with Crippen LogP contribution >= 0.6 is 23.1 Å². The van der Waals surface area contributed by atoms with Crippen molar-refractivity contribution in [2.45, 2.75) is 25.5 Å². The molecule has 0 fully saturated rings. The van der Waals surface area contributed by atoms with E-state index in [1.54, 1.807) is 11.5 Å². The third kappa shape index (κ3) is 2.83. The summed E-state index contributed by atoms with van der Waals surface area (Å²) < 4.78 is 3.47. The molecule has 0 saturated heterocycles. The normalized spacial score (nSPS) is 11.5. The Hall–Kier alpha value is -2.65. The van der Waals surface area contributed by atoms with E-state index in [9.17, 15) is 9.59 Å². The zero-order valence-electron chi connectivity index (χ0n) is 14.8. The highest BCUT2D eigenvalue weighted by atomic mass is 32.2. The van der Waals surface area contributed by atoms with Gasteiger partial charge in [0, 0.05) is 0 Å². The van der Waals surface area contributed by atoms with E-state index in [1.165, 1.54) is 23.1 Å². The molecule has 0 spiro atoms. The molecule has 9 heteroatoms. The van der Waals surface area contributed by atoms with Crippen LogP contribution in [0.4, 0.5) is 0 Å². The van der Waals surface area contributed by atoms with Gasteiger partial charge < -0.3 is 5.73 Å². The average molecular weight is 400 g/mol. The lowest BCUT2D eigenvalue weighted by atomic mass is 10.2. The fourth-order valence-electron chi connectivity index (χ4n) is 3.11. The van der Waals surface area contributed by atoms with Crippen LogP contribution in [0.2, 0.25) is 0 Å². The minimum absolute atomic E-state index is 0.192. The van der Waals surface area contributed by atoms with Gasteiger partial charge in [0.25, 0.3) is 11.5 Å². The number of aryl methyl sites for hydroxylation is 1. The average Bonchev–Trinajstić information content (AvgIpc) is 3.21. The maximum Gasteiger partial charge on any atom is 0.264 e. The minimum atomic E-state index is -0.534. The quantitative estimate of drug-likeness (QED) is 0.521. The number of hydrogen-bond donors (Lipinski definition) is 1. The number of thiophene rings is 1. The molecule has 0 radical (unpaired) electrons. The summed E-state index contributed by atoms with van der Waals surface area (Å²) in [7, 11) is 0. The van der Waals surface area contributed by atoms with Crippen LogP contribution < -0.4 is 11.3 Å². The molecule has 0 unspecified atom stereocenters. The van der Waals surface area contributed by atoms with E-state index in [-0.39, 0.29) is 5.56 Å². The van der Waals surface area contributed by atoms with Crippen molar-refractivity contribution in [1.82, 2.24) is 19.2 Å². The molecule has 0 aliphatic rings. The highest BCUT2D eigenvalue weighted by Crippen LogP contribution is 2.31. The Morgan fingerprint density at radius 3 is 2.67 bits per heavy atom. The smallest absolute Gasteiger partial charge is 0.264 e. The molecule has 0 aliphatic carbocycles. The first-order chi connectivity index (χ1) is 13.0. The second-order valence-electron chi connectivity index (χ2n) is 6.03. The molecule has 7 nitrogen and oxygen atoms in total. The van der Waals surface area contributed by atoms with E-state index in [0.29, 0.717) is 38.1 Å². The van der Waals surface area contributed by atoms with Gasteiger partial charge in [-0.15, -0.1) is 21.5 Å². The van der Waals surface area contributed by atoms with E-state index < -0.39 is 5.91 Å². The number of nitrogens with zero attached hydrogens (tertiary/aromatic N) is 4. The van der Waals surface area contributed by atoms with Crippen LogP contribution in [0.25, 0.3) is 16.0 Å². The number of primary amides is 1. The van der Waals surface area contributed by atoms with Gasteiger partial charge in [-0.3, -0.25) is 14.2 Å². The summed E-state index contributed by atoms with van der Waals surface area (Å²) in [6, 6.07) is 9.71. The number of benzene rings is 1. The summed E-state index contributed by atoms with van der Waals surface area (Å²) >= 11 is 2.75. The zero-order chi connectivity index (χ0) is 19.1. The number of fused-ring (bicyclic) bond motifs is 3. The fraction of sp³-hybridized carbons (Fsp3) is 0.222. The second-order valence-corrected chi connectivity index (χ2v) is 8.26. The largest absolute Gasteiger partial charge is 0.365 e. The summed E-state index contributed by atoms with van der Waals surface area (Å²) in [6.07, 6.45) is 0. The lowest BCUT2D eigenvalue weighted by Gasteiger charge is -2.09. The second kappa shape index (κ2) is 6.82. The first kappa shape index (κ1) is 17.7. The van der Waals surface area contributed by atoms with E-state index in [4.69, 9.17) is 5.73 Å². The van der Waals surface area contributed by atoms with Gasteiger partial charge in [0.2, 0.25) is 5.78 Å². The van der Waals surface area contributed by atoms with Gasteiger partial charge >= 0.3 is 0 Å². The predicted molar refractivity (Wildman–Crippen MR) is 108 cm³/mol. The summed E-state index contributed by atoms with van der Waals surface area (Å²) in [5.74, 6) is 0.742.